The van der Waals surface area contributed by atoms with Gasteiger partial charge in [-0.15, -0.1) is 24.8 Å². The quantitative estimate of drug-likeness (QED) is 0.332. The Balaban J connectivity index is 0.00000210. The number of ether oxygens (including phenoxy) is 1. The molecule has 1 aromatic carbocycles. The molecule has 2 heterocycles. The Bertz CT molecular complexity index is 760. The topological polar surface area (TPSA) is 86.7 Å². The van der Waals surface area contributed by atoms with Crippen molar-refractivity contribution >= 4 is 42.6 Å². The molecule has 3 N–H and O–H groups in total. The third kappa shape index (κ3) is 8.29. The van der Waals surface area contributed by atoms with Gasteiger partial charge in [0, 0.05) is 37.9 Å². The molecule has 9 heteroatoms. The summed E-state index contributed by atoms with van der Waals surface area (Å²) in [5.74, 6) is 1.15. The minimum atomic E-state index is -0.570. The third-order valence-electron chi connectivity index (χ3n) is 4.37. The zero-order valence-electron chi connectivity index (χ0n) is 15.9. The minimum Gasteiger partial charge on any atom is -0.492 e. The minimum absolute atomic E-state index is 0. The average molecular weight is 441 g/mol. The first-order chi connectivity index (χ1) is 13.2. The standard InChI is InChI=1S/C20H24N4O3.2ClH/c25-20(23-26)9-7-16-6-8-19(21-14-16)22-17-10-11-24(15-17)12-13-27-18-4-2-1-3-5-18;;/h1-9,14,17,26H,10-13,15H2,(H,21,22)(H,23,25);2*1H/t17-;;/m1../s1. The molecule has 1 saturated heterocycles. The fourth-order valence-electron chi connectivity index (χ4n) is 2.97. The second kappa shape index (κ2) is 13.0. The highest BCUT2D eigenvalue weighted by Gasteiger charge is 2.22. The van der Waals surface area contributed by atoms with Crippen LogP contribution in [0.2, 0.25) is 0 Å². The monoisotopic (exact) mass is 440 g/mol. The van der Waals surface area contributed by atoms with Crippen LogP contribution in [-0.2, 0) is 4.79 Å². The number of aromatic nitrogens is 1. The molecule has 0 spiro atoms. The van der Waals surface area contributed by atoms with Crippen molar-refractivity contribution in [2.75, 3.05) is 31.6 Å². The Labute approximate surface area is 182 Å². The van der Waals surface area contributed by atoms with E-state index in [0.29, 0.717) is 12.6 Å². The summed E-state index contributed by atoms with van der Waals surface area (Å²) in [7, 11) is 0. The number of para-hydroxylation sites is 1. The number of hydrogen-bond donors (Lipinski definition) is 3. The van der Waals surface area contributed by atoms with Gasteiger partial charge >= 0.3 is 0 Å². The zero-order chi connectivity index (χ0) is 18.9. The third-order valence-corrected chi connectivity index (χ3v) is 4.37. The number of carbonyl (C=O) groups excluding carboxylic acids is 1. The number of anilines is 1. The van der Waals surface area contributed by atoms with Crippen molar-refractivity contribution in [2.24, 2.45) is 0 Å². The number of rotatable bonds is 8. The predicted molar refractivity (Wildman–Crippen MR) is 118 cm³/mol. The molecule has 1 amide bonds. The van der Waals surface area contributed by atoms with Crippen LogP contribution in [0.1, 0.15) is 12.0 Å². The fourth-order valence-corrected chi connectivity index (χ4v) is 2.97. The molecule has 158 valence electrons. The molecule has 0 radical (unpaired) electrons. The summed E-state index contributed by atoms with van der Waals surface area (Å²) in [5.41, 5.74) is 2.34. The van der Waals surface area contributed by atoms with Gasteiger partial charge in [-0.1, -0.05) is 18.2 Å². The number of nitrogens with zero attached hydrogens (tertiary/aromatic N) is 2. The van der Waals surface area contributed by atoms with E-state index in [1.165, 1.54) is 6.08 Å². The number of nitrogens with one attached hydrogen (secondary N) is 2. The van der Waals surface area contributed by atoms with Crippen LogP contribution in [0.4, 0.5) is 5.82 Å². The van der Waals surface area contributed by atoms with Gasteiger partial charge in [0.15, 0.2) is 0 Å². The summed E-state index contributed by atoms with van der Waals surface area (Å²) in [6.45, 7) is 3.57. The lowest BCUT2D eigenvalue weighted by Gasteiger charge is -2.17. The van der Waals surface area contributed by atoms with Crippen LogP contribution in [-0.4, -0.2) is 53.3 Å². The second-order valence-corrected chi connectivity index (χ2v) is 6.38. The lowest BCUT2D eigenvalue weighted by Crippen LogP contribution is -2.29. The summed E-state index contributed by atoms with van der Waals surface area (Å²) in [6.07, 6.45) is 5.58. The molecular formula is C20H26Cl2N4O3. The Hall–Kier alpha value is -2.32. The smallest absolute Gasteiger partial charge is 0.267 e. The molecule has 0 aliphatic carbocycles. The van der Waals surface area contributed by atoms with Crippen LogP contribution in [0.15, 0.2) is 54.7 Å². The van der Waals surface area contributed by atoms with Crippen molar-refractivity contribution in [3.05, 3.63) is 60.3 Å². The number of halogens is 2. The lowest BCUT2D eigenvalue weighted by atomic mass is 10.2. The first kappa shape index (κ1) is 24.7. The molecule has 1 aromatic heterocycles. The summed E-state index contributed by atoms with van der Waals surface area (Å²) in [4.78, 5) is 17.7. The Morgan fingerprint density at radius 2 is 2.03 bits per heavy atom. The van der Waals surface area contributed by atoms with Gasteiger partial charge in [-0.3, -0.25) is 14.9 Å². The van der Waals surface area contributed by atoms with Crippen LogP contribution in [0.3, 0.4) is 0 Å². The first-order valence-corrected chi connectivity index (χ1v) is 8.98. The lowest BCUT2D eigenvalue weighted by molar-refractivity contribution is -0.124. The van der Waals surface area contributed by atoms with E-state index in [0.717, 1.165) is 43.2 Å². The summed E-state index contributed by atoms with van der Waals surface area (Å²) < 4.78 is 5.76. The summed E-state index contributed by atoms with van der Waals surface area (Å²) >= 11 is 0. The highest BCUT2D eigenvalue weighted by Crippen LogP contribution is 2.15. The average Bonchev–Trinajstić information content (AvgIpc) is 3.15. The van der Waals surface area contributed by atoms with Crippen LogP contribution in [0, 0.1) is 0 Å². The number of benzene rings is 1. The molecule has 3 rings (SSSR count). The van der Waals surface area contributed by atoms with Crippen LogP contribution in [0.5, 0.6) is 5.75 Å². The van der Waals surface area contributed by atoms with Crippen molar-refractivity contribution in [2.45, 2.75) is 12.5 Å². The summed E-state index contributed by atoms with van der Waals surface area (Å²) in [6, 6.07) is 14.0. The Kier molecular flexibility index (Phi) is 11.1. The molecule has 1 aliphatic heterocycles. The van der Waals surface area contributed by atoms with E-state index >= 15 is 0 Å². The van der Waals surface area contributed by atoms with Crippen molar-refractivity contribution in [3.63, 3.8) is 0 Å². The van der Waals surface area contributed by atoms with Gasteiger partial charge in [-0.25, -0.2) is 10.5 Å². The van der Waals surface area contributed by atoms with Gasteiger partial charge in [0.1, 0.15) is 18.2 Å². The molecule has 1 atom stereocenters. The van der Waals surface area contributed by atoms with Crippen LogP contribution < -0.4 is 15.5 Å². The van der Waals surface area contributed by atoms with Crippen molar-refractivity contribution in [1.82, 2.24) is 15.4 Å². The highest BCUT2D eigenvalue weighted by atomic mass is 35.5. The number of likely N-dealkylation sites (tertiary alicyclic amines) is 1. The van der Waals surface area contributed by atoms with Gasteiger partial charge in [-0.2, -0.15) is 0 Å². The van der Waals surface area contributed by atoms with E-state index in [4.69, 9.17) is 9.94 Å². The van der Waals surface area contributed by atoms with Crippen LogP contribution >= 0.6 is 24.8 Å². The van der Waals surface area contributed by atoms with Crippen molar-refractivity contribution < 1.29 is 14.7 Å². The first-order valence-electron chi connectivity index (χ1n) is 8.98. The van der Waals surface area contributed by atoms with Crippen LogP contribution in [0.25, 0.3) is 6.08 Å². The maximum atomic E-state index is 11.0. The highest BCUT2D eigenvalue weighted by molar-refractivity contribution is 5.90. The molecule has 2 aromatic rings. The Morgan fingerprint density at radius 3 is 2.72 bits per heavy atom. The van der Waals surface area contributed by atoms with E-state index in [2.05, 4.69) is 15.2 Å². The molecule has 1 fully saturated rings. The number of pyridine rings is 1. The molecule has 0 saturated carbocycles. The van der Waals surface area contributed by atoms with E-state index < -0.39 is 5.91 Å². The number of amides is 1. The molecular weight excluding hydrogens is 415 g/mol. The van der Waals surface area contributed by atoms with E-state index in [9.17, 15) is 4.79 Å². The number of hydrogen-bond acceptors (Lipinski definition) is 6. The van der Waals surface area contributed by atoms with Crippen molar-refractivity contribution in [3.8, 4) is 5.75 Å². The maximum absolute atomic E-state index is 11.0. The molecule has 1 aliphatic rings. The van der Waals surface area contributed by atoms with E-state index in [1.807, 2.05) is 42.5 Å². The van der Waals surface area contributed by atoms with Crippen molar-refractivity contribution in [1.29, 1.82) is 0 Å². The molecule has 7 nitrogen and oxygen atoms in total. The van der Waals surface area contributed by atoms with Gasteiger partial charge in [0.2, 0.25) is 0 Å². The van der Waals surface area contributed by atoms with E-state index in [1.54, 1.807) is 17.8 Å². The normalized spacial score (nSPS) is 16.0. The van der Waals surface area contributed by atoms with E-state index in [-0.39, 0.29) is 24.8 Å². The number of hydroxylamine groups is 1. The predicted octanol–water partition coefficient (Wildman–Crippen LogP) is 3.01. The van der Waals surface area contributed by atoms with Gasteiger partial charge in [0.05, 0.1) is 0 Å². The second-order valence-electron chi connectivity index (χ2n) is 6.38. The van der Waals surface area contributed by atoms with Gasteiger partial charge in [0.25, 0.3) is 5.91 Å². The maximum Gasteiger partial charge on any atom is 0.267 e. The molecule has 29 heavy (non-hydrogen) atoms. The molecule has 0 unspecified atom stereocenters. The van der Waals surface area contributed by atoms with Gasteiger partial charge in [-0.05, 0) is 42.3 Å². The summed E-state index contributed by atoms with van der Waals surface area (Å²) in [5, 5.41) is 11.9. The Morgan fingerprint density at radius 1 is 1.24 bits per heavy atom. The zero-order valence-corrected chi connectivity index (χ0v) is 17.5. The fraction of sp³-hybridized carbons (Fsp3) is 0.300. The largest absolute Gasteiger partial charge is 0.492 e. The number of carbonyl (C=O) groups is 1. The van der Waals surface area contributed by atoms with Gasteiger partial charge < -0.3 is 10.1 Å². The molecule has 0 bridgehead atoms. The SMILES string of the molecule is Cl.Cl.O=C(C=Cc1ccc(N[C@@H]2CCN(CCOc3ccccc3)C2)nc1)NO.